The number of aliphatic carboxylic acids is 1. The number of hydrogen-bond acceptors (Lipinski definition) is 6. The van der Waals surface area contributed by atoms with Crippen LogP contribution < -0.4 is 14.2 Å². The summed E-state index contributed by atoms with van der Waals surface area (Å²) in [5.74, 6) is 0.711. The van der Waals surface area contributed by atoms with Gasteiger partial charge in [0.1, 0.15) is 39.0 Å². The van der Waals surface area contributed by atoms with Crippen LogP contribution in [0.25, 0.3) is 11.1 Å². The van der Waals surface area contributed by atoms with Gasteiger partial charge in [0.2, 0.25) is 0 Å². The first-order chi connectivity index (χ1) is 19.5. The standard InChI is InChI=1S/C32H35FO7S/c1-19-14-23(38-12-4-5-13-41(3,36)37)15-20(2)31(19)25-8-10-27(33)32-26(25)9-11-28(32)40-22-6-7-24-21(16-30(34)35)18-39-29(24)17-22/h6-8,10,14-15,17,21,28H,4-5,9,11-13,16,18H2,1-3H3,(H,34,35)/t21-,28-/m1/s1. The Bertz CT molecular complexity index is 1560. The minimum Gasteiger partial charge on any atom is -0.494 e. The zero-order chi connectivity index (χ0) is 29.3. The van der Waals surface area contributed by atoms with Gasteiger partial charge in [-0.15, -0.1) is 0 Å². The maximum atomic E-state index is 15.3. The van der Waals surface area contributed by atoms with Crippen LogP contribution in [0.4, 0.5) is 4.39 Å². The van der Waals surface area contributed by atoms with Gasteiger partial charge in [0.15, 0.2) is 0 Å². The normalized spacial score (nSPS) is 17.6. The van der Waals surface area contributed by atoms with Crippen molar-refractivity contribution in [3.05, 3.63) is 76.1 Å². The molecule has 1 heterocycles. The van der Waals surface area contributed by atoms with Crippen LogP contribution in [0.3, 0.4) is 0 Å². The van der Waals surface area contributed by atoms with Crippen LogP contribution in [0.1, 0.15) is 65.5 Å². The Hall–Kier alpha value is -3.59. The SMILES string of the molecule is Cc1cc(OCCCCS(C)(=O)=O)cc(C)c1-c1ccc(F)c2c1CC[C@H]2Oc1ccc2c(c1)OC[C@H]2CC(=O)O. The van der Waals surface area contributed by atoms with Gasteiger partial charge in [-0.2, -0.15) is 0 Å². The second-order valence-electron chi connectivity index (χ2n) is 11.1. The van der Waals surface area contributed by atoms with Crippen LogP contribution in [0.2, 0.25) is 0 Å². The van der Waals surface area contributed by atoms with Crippen molar-refractivity contribution in [3.8, 4) is 28.4 Å². The lowest BCUT2D eigenvalue weighted by atomic mass is 9.90. The van der Waals surface area contributed by atoms with Crippen LogP contribution in [0, 0.1) is 19.7 Å². The van der Waals surface area contributed by atoms with E-state index < -0.39 is 21.9 Å². The molecule has 0 fully saturated rings. The second kappa shape index (κ2) is 11.7. The number of unbranched alkanes of at least 4 members (excludes halogenated alkanes) is 1. The average Bonchev–Trinajstić information content (AvgIpc) is 3.48. The minimum atomic E-state index is -2.97. The monoisotopic (exact) mass is 582 g/mol. The maximum absolute atomic E-state index is 15.3. The van der Waals surface area contributed by atoms with Crippen molar-refractivity contribution in [2.24, 2.45) is 0 Å². The highest BCUT2D eigenvalue weighted by Gasteiger charge is 2.32. The third-order valence-corrected chi connectivity index (χ3v) is 8.83. The summed E-state index contributed by atoms with van der Waals surface area (Å²) in [7, 11) is -2.97. The number of sulfone groups is 1. The van der Waals surface area contributed by atoms with Gasteiger partial charge in [0.05, 0.1) is 25.4 Å². The quantitative estimate of drug-likeness (QED) is 0.264. The number of benzene rings is 3. The van der Waals surface area contributed by atoms with Gasteiger partial charge in [0, 0.05) is 29.4 Å². The van der Waals surface area contributed by atoms with Crippen molar-refractivity contribution in [3.63, 3.8) is 0 Å². The van der Waals surface area contributed by atoms with E-state index in [1.54, 1.807) is 12.1 Å². The second-order valence-corrected chi connectivity index (χ2v) is 13.3. The van der Waals surface area contributed by atoms with Crippen molar-refractivity contribution < 1.29 is 36.9 Å². The number of halogens is 1. The molecule has 0 spiro atoms. The Balaban J connectivity index is 1.33. The molecule has 0 saturated heterocycles. The number of aryl methyl sites for hydroxylation is 2. The first kappa shape index (κ1) is 28.9. The van der Waals surface area contributed by atoms with Crippen LogP contribution in [-0.4, -0.2) is 44.7 Å². The predicted octanol–water partition coefficient (Wildman–Crippen LogP) is 6.33. The van der Waals surface area contributed by atoms with Crippen molar-refractivity contribution in [2.45, 2.75) is 58.0 Å². The molecule has 0 saturated carbocycles. The molecule has 3 aromatic carbocycles. The Morgan fingerprint density at radius 3 is 2.54 bits per heavy atom. The number of carboxylic acids is 1. The molecular formula is C32H35FO7S. The van der Waals surface area contributed by atoms with Gasteiger partial charge in [0.25, 0.3) is 0 Å². The van der Waals surface area contributed by atoms with Crippen molar-refractivity contribution >= 4 is 15.8 Å². The highest BCUT2D eigenvalue weighted by Crippen LogP contribution is 2.45. The summed E-state index contributed by atoms with van der Waals surface area (Å²) in [5, 5.41) is 9.15. The number of hydrogen-bond donors (Lipinski definition) is 1. The lowest BCUT2D eigenvalue weighted by Gasteiger charge is -2.19. The van der Waals surface area contributed by atoms with E-state index in [0.717, 1.165) is 39.1 Å². The number of carbonyl (C=O) groups is 1. The van der Waals surface area contributed by atoms with Crippen LogP contribution in [0.5, 0.6) is 17.2 Å². The third-order valence-electron chi connectivity index (χ3n) is 7.80. The zero-order valence-corrected chi connectivity index (χ0v) is 24.4. The van der Waals surface area contributed by atoms with Gasteiger partial charge in [-0.1, -0.05) is 12.1 Å². The number of ether oxygens (including phenoxy) is 3. The van der Waals surface area contributed by atoms with E-state index in [1.807, 2.05) is 38.1 Å². The fourth-order valence-electron chi connectivity index (χ4n) is 5.99. The molecular weight excluding hydrogens is 547 g/mol. The predicted molar refractivity (Wildman–Crippen MR) is 154 cm³/mol. The van der Waals surface area contributed by atoms with Gasteiger partial charge in [-0.3, -0.25) is 4.79 Å². The molecule has 3 aromatic rings. The first-order valence-corrected chi connectivity index (χ1v) is 15.9. The lowest BCUT2D eigenvalue weighted by Crippen LogP contribution is -2.07. The summed E-state index contributed by atoms with van der Waals surface area (Å²) in [4.78, 5) is 11.2. The van der Waals surface area contributed by atoms with Crippen LogP contribution in [-0.2, 0) is 21.1 Å². The maximum Gasteiger partial charge on any atom is 0.304 e. The summed E-state index contributed by atoms with van der Waals surface area (Å²) in [6, 6.07) is 12.7. The molecule has 0 amide bonds. The largest absolute Gasteiger partial charge is 0.494 e. The van der Waals surface area contributed by atoms with E-state index in [2.05, 4.69) is 0 Å². The molecule has 218 valence electrons. The average molecular weight is 583 g/mol. The fourth-order valence-corrected chi connectivity index (χ4v) is 6.72. The van der Waals surface area contributed by atoms with E-state index in [0.29, 0.717) is 56.0 Å². The van der Waals surface area contributed by atoms with E-state index in [-0.39, 0.29) is 23.9 Å². The van der Waals surface area contributed by atoms with E-state index in [1.165, 1.54) is 12.3 Å². The highest BCUT2D eigenvalue weighted by atomic mass is 32.2. The molecule has 9 heteroatoms. The number of carboxylic acid groups (broad SMARTS) is 1. The molecule has 2 atom stereocenters. The Morgan fingerprint density at radius 2 is 1.83 bits per heavy atom. The summed E-state index contributed by atoms with van der Waals surface area (Å²) in [6.07, 6.45) is 3.32. The molecule has 0 aromatic heterocycles. The number of rotatable bonds is 11. The first-order valence-electron chi connectivity index (χ1n) is 13.9. The van der Waals surface area contributed by atoms with E-state index >= 15 is 4.39 Å². The van der Waals surface area contributed by atoms with Crippen LogP contribution in [0.15, 0.2) is 42.5 Å². The molecule has 2 aliphatic rings. The molecule has 0 radical (unpaired) electrons. The molecule has 1 aliphatic heterocycles. The summed E-state index contributed by atoms with van der Waals surface area (Å²) in [5.41, 5.74) is 6.42. The molecule has 41 heavy (non-hydrogen) atoms. The van der Waals surface area contributed by atoms with E-state index in [9.17, 15) is 13.2 Å². The molecule has 1 aliphatic carbocycles. The van der Waals surface area contributed by atoms with Crippen molar-refractivity contribution in [2.75, 3.05) is 25.2 Å². The molecule has 5 rings (SSSR count). The Morgan fingerprint density at radius 1 is 1.07 bits per heavy atom. The molecule has 1 N–H and O–H groups in total. The highest BCUT2D eigenvalue weighted by molar-refractivity contribution is 7.90. The smallest absolute Gasteiger partial charge is 0.304 e. The van der Waals surface area contributed by atoms with Gasteiger partial charge in [-0.05, 0) is 91.6 Å². The van der Waals surface area contributed by atoms with E-state index in [4.69, 9.17) is 19.3 Å². The topological polar surface area (TPSA) is 99.1 Å². The zero-order valence-electron chi connectivity index (χ0n) is 23.5. The lowest BCUT2D eigenvalue weighted by molar-refractivity contribution is -0.137. The van der Waals surface area contributed by atoms with Crippen LogP contribution >= 0.6 is 0 Å². The van der Waals surface area contributed by atoms with Crippen molar-refractivity contribution in [1.29, 1.82) is 0 Å². The van der Waals surface area contributed by atoms with Gasteiger partial charge < -0.3 is 19.3 Å². The fraction of sp³-hybridized carbons (Fsp3) is 0.406. The van der Waals surface area contributed by atoms with Crippen molar-refractivity contribution in [1.82, 2.24) is 0 Å². The summed E-state index contributed by atoms with van der Waals surface area (Å²) < 4.78 is 55.8. The summed E-state index contributed by atoms with van der Waals surface area (Å²) >= 11 is 0. The third kappa shape index (κ3) is 6.50. The summed E-state index contributed by atoms with van der Waals surface area (Å²) in [6.45, 7) is 4.78. The molecule has 7 nitrogen and oxygen atoms in total. The number of fused-ring (bicyclic) bond motifs is 2. The van der Waals surface area contributed by atoms with Gasteiger partial charge in [-0.25, -0.2) is 12.8 Å². The van der Waals surface area contributed by atoms with Gasteiger partial charge >= 0.3 is 5.97 Å². The Kier molecular flexibility index (Phi) is 8.27. The molecule has 0 bridgehead atoms. The Labute approximate surface area is 240 Å². The minimum absolute atomic E-state index is 0.00845. The molecule has 0 unspecified atom stereocenters.